The predicted octanol–water partition coefficient (Wildman–Crippen LogP) is 5.38. The van der Waals surface area contributed by atoms with Crippen LogP contribution in [0.3, 0.4) is 0 Å². The summed E-state index contributed by atoms with van der Waals surface area (Å²) < 4.78 is 17.3. The van der Waals surface area contributed by atoms with E-state index in [1.54, 1.807) is 7.11 Å². The predicted molar refractivity (Wildman–Crippen MR) is 117 cm³/mol. The number of rotatable bonds is 11. The van der Waals surface area contributed by atoms with Crippen molar-refractivity contribution >= 4 is 5.71 Å². The zero-order valence-corrected chi connectivity index (χ0v) is 18.0. The standard InChI is InChI=1S/C24H31NO4/c1-6-7-12-28-23-13-18(2)24(19(3)14-23)29-17-27-16-22-10-8-21(9-11-22)15-20(4)25-26-5/h6-11,13-14H,12,15-17H2,1-5H3/b7-6+,25-20?. The number of hydrogen-bond donors (Lipinski definition) is 0. The number of benzene rings is 2. The first-order chi connectivity index (χ1) is 14.0. The second-order valence-corrected chi connectivity index (χ2v) is 6.88. The first-order valence-electron chi connectivity index (χ1n) is 9.73. The average Bonchev–Trinajstić information content (AvgIpc) is 2.68. The molecule has 0 heterocycles. The molecule has 0 saturated heterocycles. The molecular weight excluding hydrogens is 366 g/mol. The van der Waals surface area contributed by atoms with Gasteiger partial charge in [0.15, 0.2) is 6.79 Å². The molecule has 0 fully saturated rings. The normalized spacial score (nSPS) is 11.7. The van der Waals surface area contributed by atoms with Crippen molar-refractivity contribution in [3.05, 3.63) is 70.8 Å². The van der Waals surface area contributed by atoms with E-state index in [4.69, 9.17) is 19.0 Å². The quantitative estimate of drug-likeness (QED) is 0.168. The lowest BCUT2D eigenvalue weighted by molar-refractivity contribution is 0.00427. The maximum Gasteiger partial charge on any atom is 0.189 e. The maximum absolute atomic E-state index is 5.85. The molecule has 2 aromatic carbocycles. The Labute approximate surface area is 173 Å². The Kier molecular flexibility index (Phi) is 9.25. The van der Waals surface area contributed by atoms with Crippen molar-refractivity contribution in [1.82, 2.24) is 0 Å². The van der Waals surface area contributed by atoms with Gasteiger partial charge in [0.2, 0.25) is 0 Å². The molecule has 2 rings (SSSR count). The Bertz CT molecular complexity index is 802. The van der Waals surface area contributed by atoms with Gasteiger partial charge in [0.1, 0.15) is 25.2 Å². The van der Waals surface area contributed by atoms with Gasteiger partial charge < -0.3 is 19.0 Å². The van der Waals surface area contributed by atoms with Crippen molar-refractivity contribution in [2.45, 2.75) is 40.7 Å². The summed E-state index contributed by atoms with van der Waals surface area (Å²) in [6.07, 6.45) is 4.72. The first kappa shape index (κ1) is 22.5. The van der Waals surface area contributed by atoms with Crippen molar-refractivity contribution in [2.24, 2.45) is 5.16 Å². The van der Waals surface area contributed by atoms with Gasteiger partial charge in [-0.25, -0.2) is 0 Å². The number of nitrogens with zero attached hydrogens (tertiary/aromatic N) is 1. The highest BCUT2D eigenvalue weighted by Crippen LogP contribution is 2.28. The summed E-state index contributed by atoms with van der Waals surface area (Å²) in [7, 11) is 1.56. The summed E-state index contributed by atoms with van der Waals surface area (Å²) in [5, 5.41) is 3.93. The SMILES string of the molecule is C/C=C/COc1cc(C)c(OCOCc2ccc(CC(C)=NOC)cc2)c(C)c1. The molecule has 0 bridgehead atoms. The molecule has 0 atom stereocenters. The number of aryl methyl sites for hydroxylation is 2. The fraction of sp³-hybridized carbons (Fsp3) is 0.375. The third-order valence-electron chi connectivity index (χ3n) is 4.30. The van der Waals surface area contributed by atoms with E-state index in [0.717, 1.165) is 40.3 Å². The fourth-order valence-corrected chi connectivity index (χ4v) is 2.96. The van der Waals surface area contributed by atoms with Crippen molar-refractivity contribution in [3.63, 3.8) is 0 Å². The van der Waals surface area contributed by atoms with Crippen LogP contribution in [0.1, 0.15) is 36.1 Å². The molecule has 2 aromatic rings. The van der Waals surface area contributed by atoms with Gasteiger partial charge in [0.25, 0.3) is 0 Å². The summed E-state index contributed by atoms with van der Waals surface area (Å²) in [5.41, 5.74) is 5.28. The molecule has 0 aromatic heterocycles. The molecule has 0 unspecified atom stereocenters. The summed E-state index contributed by atoms with van der Waals surface area (Å²) in [5.74, 6) is 1.68. The highest BCUT2D eigenvalue weighted by atomic mass is 16.7. The summed E-state index contributed by atoms with van der Waals surface area (Å²) in [6, 6.07) is 12.2. The van der Waals surface area contributed by atoms with E-state index in [9.17, 15) is 0 Å². The maximum atomic E-state index is 5.85. The zero-order chi connectivity index (χ0) is 21.1. The molecule has 156 valence electrons. The van der Waals surface area contributed by atoms with Crippen LogP contribution in [0, 0.1) is 13.8 Å². The Morgan fingerprint density at radius 2 is 1.66 bits per heavy atom. The fourth-order valence-electron chi connectivity index (χ4n) is 2.96. The summed E-state index contributed by atoms with van der Waals surface area (Å²) >= 11 is 0. The monoisotopic (exact) mass is 397 g/mol. The van der Waals surface area contributed by atoms with Crippen LogP contribution in [-0.2, 0) is 22.6 Å². The van der Waals surface area contributed by atoms with Crippen LogP contribution < -0.4 is 9.47 Å². The molecule has 0 saturated carbocycles. The van der Waals surface area contributed by atoms with Crippen LogP contribution in [0.5, 0.6) is 11.5 Å². The lowest BCUT2D eigenvalue weighted by Gasteiger charge is -2.14. The smallest absolute Gasteiger partial charge is 0.189 e. The summed E-state index contributed by atoms with van der Waals surface area (Å²) in [4.78, 5) is 4.79. The number of allylic oxidation sites excluding steroid dienone is 1. The van der Waals surface area contributed by atoms with Crippen LogP contribution in [0.25, 0.3) is 0 Å². The minimum Gasteiger partial charge on any atom is -0.490 e. The van der Waals surface area contributed by atoms with Crippen molar-refractivity contribution in [3.8, 4) is 11.5 Å². The summed E-state index contributed by atoms with van der Waals surface area (Å²) in [6.45, 7) is 9.20. The molecule has 5 heteroatoms. The number of hydrogen-bond acceptors (Lipinski definition) is 5. The van der Waals surface area contributed by atoms with Gasteiger partial charge in [-0.05, 0) is 62.1 Å². The van der Waals surface area contributed by atoms with Gasteiger partial charge in [-0.2, -0.15) is 0 Å². The third-order valence-corrected chi connectivity index (χ3v) is 4.30. The Hall–Kier alpha value is -2.79. The van der Waals surface area contributed by atoms with Crippen LogP contribution >= 0.6 is 0 Å². The van der Waals surface area contributed by atoms with E-state index in [2.05, 4.69) is 29.4 Å². The molecule has 0 aliphatic rings. The molecule has 0 spiro atoms. The van der Waals surface area contributed by atoms with Crippen LogP contribution in [0.15, 0.2) is 53.7 Å². The molecule has 0 N–H and O–H groups in total. The Morgan fingerprint density at radius 1 is 1.00 bits per heavy atom. The van der Waals surface area contributed by atoms with Gasteiger partial charge in [0.05, 0.1) is 12.3 Å². The average molecular weight is 398 g/mol. The zero-order valence-electron chi connectivity index (χ0n) is 18.0. The van der Waals surface area contributed by atoms with Crippen molar-refractivity contribution < 1.29 is 19.0 Å². The largest absolute Gasteiger partial charge is 0.490 e. The minimum atomic E-state index is 0.196. The Balaban J connectivity index is 1.82. The lowest BCUT2D eigenvalue weighted by Crippen LogP contribution is -2.06. The van der Waals surface area contributed by atoms with Gasteiger partial charge in [0, 0.05) is 6.42 Å². The second-order valence-electron chi connectivity index (χ2n) is 6.88. The van der Waals surface area contributed by atoms with Crippen LogP contribution in [0.4, 0.5) is 0 Å². The van der Waals surface area contributed by atoms with E-state index in [1.165, 1.54) is 5.56 Å². The van der Waals surface area contributed by atoms with Crippen molar-refractivity contribution in [1.29, 1.82) is 0 Å². The van der Waals surface area contributed by atoms with Gasteiger partial charge in [-0.3, -0.25) is 0 Å². The molecule has 0 aliphatic heterocycles. The Morgan fingerprint density at radius 3 is 2.28 bits per heavy atom. The third kappa shape index (κ3) is 7.62. The molecule has 0 radical (unpaired) electrons. The van der Waals surface area contributed by atoms with Gasteiger partial charge in [-0.15, -0.1) is 0 Å². The van der Waals surface area contributed by atoms with Gasteiger partial charge >= 0.3 is 0 Å². The van der Waals surface area contributed by atoms with E-state index < -0.39 is 0 Å². The number of oxime groups is 1. The van der Waals surface area contributed by atoms with E-state index >= 15 is 0 Å². The van der Waals surface area contributed by atoms with E-state index in [0.29, 0.717) is 13.2 Å². The van der Waals surface area contributed by atoms with Crippen molar-refractivity contribution in [2.75, 3.05) is 20.5 Å². The highest BCUT2D eigenvalue weighted by molar-refractivity contribution is 5.83. The lowest BCUT2D eigenvalue weighted by atomic mass is 10.1. The highest BCUT2D eigenvalue weighted by Gasteiger charge is 2.07. The van der Waals surface area contributed by atoms with Crippen LogP contribution in [0.2, 0.25) is 0 Å². The first-order valence-corrected chi connectivity index (χ1v) is 9.73. The molecule has 0 aliphatic carbocycles. The van der Waals surface area contributed by atoms with Gasteiger partial charge in [-0.1, -0.05) is 41.6 Å². The second kappa shape index (κ2) is 11.9. The molecule has 5 nitrogen and oxygen atoms in total. The van der Waals surface area contributed by atoms with E-state index in [-0.39, 0.29) is 6.79 Å². The number of ether oxygens (including phenoxy) is 3. The minimum absolute atomic E-state index is 0.196. The topological polar surface area (TPSA) is 49.3 Å². The molecule has 29 heavy (non-hydrogen) atoms. The van der Waals surface area contributed by atoms with Crippen LogP contribution in [-0.4, -0.2) is 26.2 Å². The molecular formula is C24H31NO4. The molecule has 0 amide bonds. The van der Waals surface area contributed by atoms with E-state index in [1.807, 2.05) is 52.0 Å².